The summed E-state index contributed by atoms with van der Waals surface area (Å²) in [6.45, 7) is 1.92. The number of benzene rings is 2. The van der Waals surface area contributed by atoms with Gasteiger partial charge in [0, 0.05) is 24.0 Å². The van der Waals surface area contributed by atoms with Crippen LogP contribution >= 0.6 is 0 Å². The van der Waals surface area contributed by atoms with Gasteiger partial charge in [0.1, 0.15) is 0 Å². The molecule has 1 aromatic heterocycles. The lowest BCUT2D eigenvalue weighted by Crippen LogP contribution is -2.48. The predicted molar refractivity (Wildman–Crippen MR) is 140 cm³/mol. The molecule has 38 heavy (non-hydrogen) atoms. The minimum absolute atomic E-state index is 0.0485. The number of ether oxygens (including phenoxy) is 5. The third-order valence-corrected chi connectivity index (χ3v) is 6.82. The maximum absolute atomic E-state index is 12.9. The van der Waals surface area contributed by atoms with Gasteiger partial charge in [-0.25, -0.2) is 9.97 Å². The molecule has 2 aromatic carbocycles. The van der Waals surface area contributed by atoms with Gasteiger partial charge in [0.2, 0.25) is 6.79 Å². The second-order valence-electron chi connectivity index (χ2n) is 9.28. The predicted octanol–water partition coefficient (Wildman–Crippen LogP) is 3.00. The minimum Gasteiger partial charge on any atom is -0.493 e. The molecule has 10 heteroatoms. The Morgan fingerprint density at radius 1 is 1.05 bits per heavy atom. The Labute approximate surface area is 221 Å². The number of methoxy groups -OCH3 is 2. The van der Waals surface area contributed by atoms with Gasteiger partial charge in [-0.2, -0.15) is 0 Å². The lowest BCUT2D eigenvalue weighted by atomic mass is 9.87. The van der Waals surface area contributed by atoms with Gasteiger partial charge in [-0.3, -0.25) is 4.79 Å². The maximum atomic E-state index is 12.9. The highest BCUT2D eigenvalue weighted by Crippen LogP contribution is 2.34. The molecular weight excluding hydrogens is 488 g/mol. The summed E-state index contributed by atoms with van der Waals surface area (Å²) in [5.74, 6) is 2.85. The van der Waals surface area contributed by atoms with Crippen molar-refractivity contribution in [1.82, 2.24) is 20.6 Å². The van der Waals surface area contributed by atoms with Crippen LogP contribution in [0, 0.1) is 5.92 Å². The van der Waals surface area contributed by atoms with Gasteiger partial charge in [0.05, 0.1) is 14.2 Å². The van der Waals surface area contributed by atoms with Crippen LogP contribution in [-0.4, -0.2) is 62.6 Å². The third-order valence-electron chi connectivity index (χ3n) is 6.82. The number of hydrogen-bond acceptors (Lipinski definition) is 9. The first-order chi connectivity index (χ1) is 18.6. The Hall–Kier alpha value is -4.05. The van der Waals surface area contributed by atoms with Crippen LogP contribution < -0.4 is 34.3 Å². The van der Waals surface area contributed by atoms with Gasteiger partial charge >= 0.3 is 6.01 Å². The summed E-state index contributed by atoms with van der Waals surface area (Å²) in [6.07, 6.45) is 6.11. The van der Waals surface area contributed by atoms with E-state index in [-0.39, 0.29) is 31.4 Å². The third kappa shape index (κ3) is 6.08. The van der Waals surface area contributed by atoms with Crippen molar-refractivity contribution in [1.29, 1.82) is 0 Å². The number of carbonyl (C=O) groups excluding carboxylic acids is 1. The first-order valence-corrected chi connectivity index (χ1v) is 12.7. The van der Waals surface area contributed by atoms with Crippen molar-refractivity contribution in [2.75, 3.05) is 40.7 Å². The fourth-order valence-electron chi connectivity index (χ4n) is 4.81. The molecule has 2 aliphatic heterocycles. The van der Waals surface area contributed by atoms with Crippen LogP contribution in [-0.2, 0) is 11.2 Å². The first-order valence-electron chi connectivity index (χ1n) is 12.7. The number of piperidine rings is 1. The van der Waals surface area contributed by atoms with E-state index in [1.165, 1.54) is 0 Å². The molecule has 2 atom stereocenters. The molecule has 1 fully saturated rings. The second-order valence-corrected chi connectivity index (χ2v) is 9.28. The lowest BCUT2D eigenvalue weighted by molar-refractivity contribution is -0.124. The zero-order chi connectivity index (χ0) is 26.3. The van der Waals surface area contributed by atoms with Crippen LogP contribution in [0.5, 0.6) is 29.0 Å². The quantitative estimate of drug-likeness (QED) is 0.417. The number of rotatable bonds is 10. The number of nitrogens with zero attached hydrogens (tertiary/aromatic N) is 2. The number of fused-ring (bicyclic) bond motifs is 1. The molecule has 0 aliphatic carbocycles. The van der Waals surface area contributed by atoms with Gasteiger partial charge in [0.15, 0.2) is 29.6 Å². The average Bonchev–Trinajstić information content (AvgIpc) is 3.44. The molecule has 1 saturated heterocycles. The standard InChI is InChI=1S/C28H32N4O6/c1-34-23-8-6-19(12-25(23)35-2)21-14-30-28(31-15-21)36-16-27(33)32-22(20-4-3-9-29-13-20)10-18-5-7-24-26(11-18)38-17-37-24/h5-8,11-12,14-15,20,22,29H,3-4,9-10,13,16-17H2,1-2H3,(H,32,33). The van der Waals surface area contributed by atoms with E-state index in [9.17, 15) is 4.79 Å². The highest BCUT2D eigenvalue weighted by atomic mass is 16.7. The van der Waals surface area contributed by atoms with Crippen molar-refractivity contribution in [3.05, 3.63) is 54.4 Å². The molecule has 0 saturated carbocycles. The molecule has 200 valence electrons. The molecule has 2 unspecified atom stereocenters. The summed E-state index contributed by atoms with van der Waals surface area (Å²) in [5, 5.41) is 6.62. The summed E-state index contributed by atoms with van der Waals surface area (Å²) in [5.41, 5.74) is 2.75. The molecule has 0 bridgehead atoms. The zero-order valence-corrected chi connectivity index (χ0v) is 21.6. The molecule has 3 heterocycles. The summed E-state index contributed by atoms with van der Waals surface area (Å²) in [7, 11) is 3.18. The monoisotopic (exact) mass is 520 g/mol. The average molecular weight is 521 g/mol. The molecular formula is C28H32N4O6. The molecule has 10 nitrogen and oxygen atoms in total. The van der Waals surface area contributed by atoms with Crippen LogP contribution in [0.15, 0.2) is 48.8 Å². The van der Waals surface area contributed by atoms with Gasteiger partial charge < -0.3 is 34.3 Å². The fourth-order valence-corrected chi connectivity index (χ4v) is 4.81. The highest BCUT2D eigenvalue weighted by molar-refractivity contribution is 5.77. The van der Waals surface area contributed by atoms with Gasteiger partial charge in [-0.1, -0.05) is 12.1 Å². The number of amides is 1. The van der Waals surface area contributed by atoms with E-state index in [1.54, 1.807) is 26.6 Å². The van der Waals surface area contributed by atoms with Crippen molar-refractivity contribution < 1.29 is 28.5 Å². The van der Waals surface area contributed by atoms with Crippen LogP contribution in [0.4, 0.5) is 0 Å². The summed E-state index contributed by atoms with van der Waals surface area (Å²) >= 11 is 0. The van der Waals surface area contributed by atoms with Crippen LogP contribution in [0.2, 0.25) is 0 Å². The molecule has 0 radical (unpaired) electrons. The second kappa shape index (κ2) is 12.0. The van der Waals surface area contributed by atoms with E-state index in [1.807, 2.05) is 36.4 Å². The molecule has 2 N–H and O–H groups in total. The Morgan fingerprint density at radius 3 is 2.63 bits per heavy atom. The van der Waals surface area contributed by atoms with Crippen molar-refractivity contribution in [2.24, 2.45) is 5.92 Å². The van der Waals surface area contributed by atoms with E-state index < -0.39 is 0 Å². The number of aromatic nitrogens is 2. The Kier molecular flexibility index (Phi) is 8.08. The number of nitrogens with one attached hydrogen (secondary N) is 2. The van der Waals surface area contributed by atoms with Gasteiger partial charge in [0.25, 0.3) is 5.91 Å². The SMILES string of the molecule is COc1ccc(-c2cnc(OCC(=O)NC(Cc3ccc4c(c3)OCO4)C3CCCNC3)nc2)cc1OC. The van der Waals surface area contributed by atoms with Crippen molar-refractivity contribution in [2.45, 2.75) is 25.3 Å². The Morgan fingerprint density at radius 2 is 1.87 bits per heavy atom. The molecule has 1 amide bonds. The highest BCUT2D eigenvalue weighted by Gasteiger charge is 2.26. The van der Waals surface area contributed by atoms with Crippen LogP contribution in [0.1, 0.15) is 18.4 Å². The van der Waals surface area contributed by atoms with Crippen molar-refractivity contribution in [3.63, 3.8) is 0 Å². The summed E-state index contributed by atoms with van der Waals surface area (Å²) in [6, 6.07) is 11.6. The van der Waals surface area contributed by atoms with Crippen LogP contribution in [0.25, 0.3) is 11.1 Å². The smallest absolute Gasteiger partial charge is 0.316 e. The molecule has 0 spiro atoms. The number of hydrogen-bond donors (Lipinski definition) is 2. The molecule has 3 aromatic rings. The van der Waals surface area contributed by atoms with Crippen molar-refractivity contribution >= 4 is 5.91 Å². The van der Waals surface area contributed by atoms with E-state index in [4.69, 9.17) is 23.7 Å². The summed E-state index contributed by atoms with van der Waals surface area (Å²) in [4.78, 5) is 21.4. The van der Waals surface area contributed by atoms with E-state index >= 15 is 0 Å². The van der Waals surface area contributed by atoms with Crippen molar-refractivity contribution in [3.8, 4) is 40.1 Å². The van der Waals surface area contributed by atoms with Crippen LogP contribution in [0.3, 0.4) is 0 Å². The van der Waals surface area contributed by atoms with Gasteiger partial charge in [-0.15, -0.1) is 0 Å². The van der Waals surface area contributed by atoms with E-state index in [0.717, 1.165) is 54.1 Å². The van der Waals surface area contributed by atoms with Gasteiger partial charge in [-0.05, 0) is 73.7 Å². The minimum atomic E-state index is -0.214. The normalized spacial score (nSPS) is 16.9. The largest absolute Gasteiger partial charge is 0.493 e. The van der Waals surface area contributed by atoms with E-state index in [2.05, 4.69) is 20.6 Å². The Balaban J connectivity index is 1.20. The molecule has 5 rings (SSSR count). The molecule has 2 aliphatic rings. The number of carbonyl (C=O) groups is 1. The first kappa shape index (κ1) is 25.6. The Bertz CT molecular complexity index is 1250. The topological polar surface area (TPSA) is 113 Å². The zero-order valence-electron chi connectivity index (χ0n) is 21.6. The van der Waals surface area contributed by atoms with E-state index in [0.29, 0.717) is 23.8 Å². The lowest BCUT2D eigenvalue weighted by Gasteiger charge is -2.31. The summed E-state index contributed by atoms with van der Waals surface area (Å²) < 4.78 is 27.2. The fraction of sp³-hybridized carbons (Fsp3) is 0.393. The maximum Gasteiger partial charge on any atom is 0.316 e.